The Bertz CT molecular complexity index is 914. The number of nitrogens with zero attached hydrogens (tertiary/aromatic N) is 1. The molecule has 4 nitrogen and oxygen atoms in total. The van der Waals surface area contributed by atoms with Crippen LogP contribution < -0.4 is 10.6 Å². The lowest BCUT2D eigenvalue weighted by atomic mass is 10.1. The summed E-state index contributed by atoms with van der Waals surface area (Å²) in [7, 11) is 0. The molecule has 0 saturated heterocycles. The van der Waals surface area contributed by atoms with Gasteiger partial charge in [0.25, 0.3) is 5.91 Å². The van der Waals surface area contributed by atoms with Gasteiger partial charge in [-0.05, 0) is 48.0 Å². The Labute approximate surface area is 146 Å². The van der Waals surface area contributed by atoms with Gasteiger partial charge in [-0.1, -0.05) is 24.1 Å². The molecule has 0 unspecified atom stereocenters. The van der Waals surface area contributed by atoms with Gasteiger partial charge in [-0.3, -0.25) is 9.78 Å². The minimum atomic E-state index is -0.188. The molecule has 2 N–H and O–H groups in total. The van der Waals surface area contributed by atoms with E-state index in [1.54, 1.807) is 24.5 Å². The van der Waals surface area contributed by atoms with E-state index in [0.717, 1.165) is 16.8 Å². The van der Waals surface area contributed by atoms with Gasteiger partial charge in [0.2, 0.25) is 0 Å². The van der Waals surface area contributed by atoms with Crippen molar-refractivity contribution >= 4 is 17.3 Å². The normalized spacial score (nSPS) is 9.88. The second-order valence-corrected chi connectivity index (χ2v) is 5.43. The number of hydrogen-bond donors (Lipinski definition) is 2. The molecule has 4 heteroatoms. The van der Waals surface area contributed by atoms with E-state index in [1.807, 2.05) is 48.5 Å². The van der Waals surface area contributed by atoms with E-state index in [9.17, 15) is 4.79 Å². The summed E-state index contributed by atoms with van der Waals surface area (Å²) >= 11 is 0. The average molecular weight is 327 g/mol. The highest BCUT2D eigenvalue weighted by molar-refractivity contribution is 6.08. The standard InChI is InChI=1S/C21H17N3O/c1-2-16-6-5-7-18(14-16)24-21(25)19-8-3-4-9-20(19)23-15-17-10-12-22-13-11-17/h1,3-14,23H,15H2,(H,24,25). The maximum atomic E-state index is 12.6. The van der Waals surface area contributed by atoms with Crippen molar-refractivity contribution < 1.29 is 4.79 Å². The van der Waals surface area contributed by atoms with Crippen LogP contribution in [0.5, 0.6) is 0 Å². The molecule has 0 saturated carbocycles. The first-order valence-electron chi connectivity index (χ1n) is 7.86. The van der Waals surface area contributed by atoms with Crippen molar-refractivity contribution in [1.82, 2.24) is 4.98 Å². The van der Waals surface area contributed by atoms with E-state index in [4.69, 9.17) is 6.42 Å². The number of terminal acetylenes is 1. The van der Waals surface area contributed by atoms with Gasteiger partial charge in [-0.15, -0.1) is 6.42 Å². The molecular formula is C21H17N3O. The van der Waals surface area contributed by atoms with Crippen LogP contribution in [-0.4, -0.2) is 10.9 Å². The fraction of sp³-hybridized carbons (Fsp3) is 0.0476. The number of aromatic nitrogens is 1. The zero-order valence-electron chi connectivity index (χ0n) is 13.6. The SMILES string of the molecule is C#Cc1cccc(NC(=O)c2ccccc2NCc2ccncc2)c1. The molecular weight excluding hydrogens is 310 g/mol. The quantitative estimate of drug-likeness (QED) is 0.698. The third kappa shape index (κ3) is 4.24. The Morgan fingerprint density at radius 1 is 1.04 bits per heavy atom. The fourth-order valence-electron chi connectivity index (χ4n) is 2.42. The van der Waals surface area contributed by atoms with Crippen molar-refractivity contribution in [3.05, 3.63) is 89.7 Å². The van der Waals surface area contributed by atoms with Crippen molar-refractivity contribution in [2.75, 3.05) is 10.6 Å². The van der Waals surface area contributed by atoms with E-state index in [2.05, 4.69) is 21.5 Å². The highest BCUT2D eigenvalue weighted by Gasteiger charge is 2.11. The van der Waals surface area contributed by atoms with E-state index < -0.39 is 0 Å². The number of pyridine rings is 1. The largest absolute Gasteiger partial charge is 0.380 e. The number of anilines is 2. The van der Waals surface area contributed by atoms with Crippen molar-refractivity contribution in [1.29, 1.82) is 0 Å². The van der Waals surface area contributed by atoms with E-state index in [-0.39, 0.29) is 5.91 Å². The number of hydrogen-bond acceptors (Lipinski definition) is 3. The van der Waals surface area contributed by atoms with Crippen LogP contribution in [0.25, 0.3) is 0 Å². The first-order valence-corrected chi connectivity index (χ1v) is 7.86. The molecule has 25 heavy (non-hydrogen) atoms. The summed E-state index contributed by atoms with van der Waals surface area (Å²) in [5.41, 5.74) is 3.82. The molecule has 3 aromatic rings. The van der Waals surface area contributed by atoms with Crippen molar-refractivity contribution in [3.63, 3.8) is 0 Å². The first kappa shape index (κ1) is 16.3. The summed E-state index contributed by atoms with van der Waals surface area (Å²) in [6, 6.07) is 18.5. The number of benzene rings is 2. The minimum absolute atomic E-state index is 0.188. The Kier molecular flexibility index (Phi) is 5.08. The fourth-order valence-corrected chi connectivity index (χ4v) is 2.42. The molecule has 2 aromatic carbocycles. The Morgan fingerprint density at radius 2 is 1.84 bits per heavy atom. The van der Waals surface area contributed by atoms with Gasteiger partial charge in [-0.25, -0.2) is 0 Å². The van der Waals surface area contributed by atoms with Gasteiger partial charge in [0.05, 0.1) is 5.56 Å². The Balaban J connectivity index is 1.75. The molecule has 0 fully saturated rings. The predicted octanol–water partition coefficient (Wildman–Crippen LogP) is 3.93. The van der Waals surface area contributed by atoms with E-state index in [0.29, 0.717) is 17.8 Å². The highest BCUT2D eigenvalue weighted by Crippen LogP contribution is 2.19. The van der Waals surface area contributed by atoms with Crippen LogP contribution in [0, 0.1) is 12.3 Å². The van der Waals surface area contributed by atoms with Gasteiger partial charge < -0.3 is 10.6 Å². The monoisotopic (exact) mass is 327 g/mol. The van der Waals surface area contributed by atoms with Crippen molar-refractivity contribution in [2.24, 2.45) is 0 Å². The Morgan fingerprint density at radius 3 is 2.64 bits per heavy atom. The number of para-hydroxylation sites is 1. The molecule has 0 aliphatic heterocycles. The van der Waals surface area contributed by atoms with Gasteiger partial charge in [0.15, 0.2) is 0 Å². The molecule has 1 heterocycles. The number of amides is 1. The van der Waals surface area contributed by atoms with Gasteiger partial charge in [0, 0.05) is 35.9 Å². The third-order valence-corrected chi connectivity index (χ3v) is 3.69. The third-order valence-electron chi connectivity index (χ3n) is 3.69. The number of nitrogens with one attached hydrogen (secondary N) is 2. The second-order valence-electron chi connectivity index (χ2n) is 5.43. The molecule has 1 amide bonds. The van der Waals surface area contributed by atoms with Crippen LogP contribution in [0.3, 0.4) is 0 Å². The summed E-state index contributed by atoms with van der Waals surface area (Å²) in [6.07, 6.45) is 8.89. The molecule has 0 aliphatic rings. The molecule has 0 spiro atoms. The van der Waals surface area contributed by atoms with Gasteiger partial charge in [-0.2, -0.15) is 0 Å². The van der Waals surface area contributed by atoms with E-state index in [1.165, 1.54) is 0 Å². The lowest BCUT2D eigenvalue weighted by Gasteiger charge is -2.12. The number of carbonyl (C=O) groups excluding carboxylic acids is 1. The zero-order chi connectivity index (χ0) is 17.5. The molecule has 122 valence electrons. The highest BCUT2D eigenvalue weighted by atomic mass is 16.1. The maximum Gasteiger partial charge on any atom is 0.257 e. The maximum absolute atomic E-state index is 12.6. The van der Waals surface area contributed by atoms with Crippen LogP contribution in [0.4, 0.5) is 11.4 Å². The lowest BCUT2D eigenvalue weighted by Crippen LogP contribution is -2.14. The molecule has 0 atom stereocenters. The molecule has 0 radical (unpaired) electrons. The molecule has 3 rings (SSSR count). The summed E-state index contributed by atoms with van der Waals surface area (Å²) in [6.45, 7) is 0.611. The Hall–Kier alpha value is -3.58. The number of rotatable bonds is 5. The minimum Gasteiger partial charge on any atom is -0.380 e. The van der Waals surface area contributed by atoms with Crippen LogP contribution in [0.1, 0.15) is 21.5 Å². The summed E-state index contributed by atoms with van der Waals surface area (Å²) in [5.74, 6) is 2.37. The first-order chi connectivity index (χ1) is 12.3. The van der Waals surface area contributed by atoms with Crippen molar-refractivity contribution in [3.8, 4) is 12.3 Å². The van der Waals surface area contributed by atoms with Crippen LogP contribution >= 0.6 is 0 Å². The topological polar surface area (TPSA) is 54.0 Å². The summed E-state index contributed by atoms with van der Waals surface area (Å²) in [5, 5.41) is 6.18. The average Bonchev–Trinajstić information content (AvgIpc) is 2.67. The predicted molar refractivity (Wildman–Crippen MR) is 100 cm³/mol. The number of carbonyl (C=O) groups is 1. The smallest absolute Gasteiger partial charge is 0.257 e. The van der Waals surface area contributed by atoms with E-state index >= 15 is 0 Å². The summed E-state index contributed by atoms with van der Waals surface area (Å²) < 4.78 is 0. The lowest BCUT2D eigenvalue weighted by molar-refractivity contribution is 0.102. The van der Waals surface area contributed by atoms with Gasteiger partial charge in [0.1, 0.15) is 0 Å². The van der Waals surface area contributed by atoms with Crippen LogP contribution in [0.2, 0.25) is 0 Å². The second kappa shape index (κ2) is 7.80. The van der Waals surface area contributed by atoms with Crippen LogP contribution in [0.15, 0.2) is 73.1 Å². The van der Waals surface area contributed by atoms with Crippen molar-refractivity contribution in [2.45, 2.75) is 6.54 Å². The molecule has 0 aliphatic carbocycles. The summed E-state index contributed by atoms with van der Waals surface area (Å²) in [4.78, 5) is 16.6. The molecule has 0 bridgehead atoms. The zero-order valence-corrected chi connectivity index (χ0v) is 13.6. The molecule has 1 aromatic heterocycles. The van der Waals surface area contributed by atoms with Gasteiger partial charge >= 0.3 is 0 Å². The van der Waals surface area contributed by atoms with Crippen LogP contribution in [-0.2, 0) is 6.54 Å².